The van der Waals surface area contributed by atoms with Crippen LogP contribution in [0.2, 0.25) is 5.15 Å². The summed E-state index contributed by atoms with van der Waals surface area (Å²) in [7, 11) is 0. The van der Waals surface area contributed by atoms with E-state index in [0.29, 0.717) is 23.1 Å². The van der Waals surface area contributed by atoms with E-state index < -0.39 is 5.91 Å². The third-order valence-corrected chi connectivity index (χ3v) is 3.02. The predicted octanol–water partition coefficient (Wildman–Crippen LogP) is 2.72. The summed E-state index contributed by atoms with van der Waals surface area (Å²) in [4.78, 5) is 15.0. The maximum atomic E-state index is 11.1. The maximum absolute atomic E-state index is 11.1. The molecule has 1 aromatic carbocycles. The van der Waals surface area contributed by atoms with Crippen molar-refractivity contribution in [3.05, 3.63) is 58.4 Å². The topological polar surface area (TPSA) is 65.2 Å². The van der Waals surface area contributed by atoms with Crippen LogP contribution in [0.25, 0.3) is 0 Å². The van der Waals surface area contributed by atoms with Crippen molar-refractivity contribution in [2.45, 2.75) is 13.5 Å². The van der Waals surface area contributed by atoms with E-state index in [4.69, 9.17) is 22.1 Å². The number of benzene rings is 1. The number of amides is 1. The first-order chi connectivity index (χ1) is 9.08. The quantitative estimate of drug-likeness (QED) is 0.873. The van der Waals surface area contributed by atoms with E-state index in [2.05, 4.69) is 4.98 Å². The van der Waals surface area contributed by atoms with Crippen molar-refractivity contribution in [1.29, 1.82) is 0 Å². The fourth-order valence-electron chi connectivity index (χ4n) is 1.65. The summed E-state index contributed by atoms with van der Waals surface area (Å²) in [6.07, 6.45) is 1.60. The average molecular weight is 277 g/mol. The van der Waals surface area contributed by atoms with Crippen LogP contribution in [-0.4, -0.2) is 10.9 Å². The van der Waals surface area contributed by atoms with Crippen LogP contribution in [0.5, 0.6) is 5.75 Å². The Morgan fingerprint density at radius 3 is 2.84 bits per heavy atom. The third-order valence-electron chi connectivity index (χ3n) is 2.74. The number of aryl methyl sites for hydroxylation is 1. The molecule has 0 aliphatic heterocycles. The SMILES string of the molecule is Cc1cc(C(N)=O)ccc1COc1cccnc1Cl. The van der Waals surface area contributed by atoms with Gasteiger partial charge in [0.1, 0.15) is 6.61 Å². The second-order valence-corrected chi connectivity index (χ2v) is 4.44. The molecule has 0 radical (unpaired) electrons. The number of hydrogen-bond acceptors (Lipinski definition) is 3. The van der Waals surface area contributed by atoms with Crippen LogP contribution < -0.4 is 10.5 Å². The van der Waals surface area contributed by atoms with Gasteiger partial charge in [-0.15, -0.1) is 0 Å². The van der Waals surface area contributed by atoms with Gasteiger partial charge in [0.2, 0.25) is 5.91 Å². The monoisotopic (exact) mass is 276 g/mol. The van der Waals surface area contributed by atoms with Gasteiger partial charge in [-0.3, -0.25) is 4.79 Å². The Kier molecular flexibility index (Phi) is 4.02. The minimum atomic E-state index is -0.439. The second-order valence-electron chi connectivity index (χ2n) is 4.09. The molecule has 98 valence electrons. The maximum Gasteiger partial charge on any atom is 0.248 e. The molecule has 1 heterocycles. The van der Waals surface area contributed by atoms with Gasteiger partial charge < -0.3 is 10.5 Å². The Morgan fingerprint density at radius 2 is 2.21 bits per heavy atom. The molecule has 1 amide bonds. The Labute approximate surface area is 116 Å². The fraction of sp³-hybridized carbons (Fsp3) is 0.143. The zero-order valence-corrected chi connectivity index (χ0v) is 11.1. The highest BCUT2D eigenvalue weighted by Gasteiger charge is 2.06. The van der Waals surface area contributed by atoms with Crippen molar-refractivity contribution in [2.24, 2.45) is 5.73 Å². The van der Waals surface area contributed by atoms with Crippen LogP contribution in [0.3, 0.4) is 0 Å². The van der Waals surface area contributed by atoms with E-state index in [0.717, 1.165) is 11.1 Å². The molecule has 0 aliphatic carbocycles. The molecule has 0 aliphatic rings. The number of carbonyl (C=O) groups excluding carboxylic acids is 1. The minimum absolute atomic E-state index is 0.328. The van der Waals surface area contributed by atoms with Gasteiger partial charge >= 0.3 is 0 Å². The van der Waals surface area contributed by atoms with Crippen LogP contribution in [-0.2, 0) is 6.61 Å². The van der Waals surface area contributed by atoms with E-state index >= 15 is 0 Å². The number of hydrogen-bond donors (Lipinski definition) is 1. The van der Waals surface area contributed by atoms with Crippen molar-refractivity contribution in [2.75, 3.05) is 0 Å². The van der Waals surface area contributed by atoms with Crippen LogP contribution in [0.1, 0.15) is 21.5 Å². The highest BCUT2D eigenvalue weighted by Crippen LogP contribution is 2.22. The number of rotatable bonds is 4. The normalized spacial score (nSPS) is 10.2. The molecule has 0 spiro atoms. The number of nitrogens with zero attached hydrogens (tertiary/aromatic N) is 1. The Balaban J connectivity index is 2.12. The molecule has 2 N–H and O–H groups in total. The predicted molar refractivity (Wildman–Crippen MR) is 73.3 cm³/mol. The molecular formula is C14H13ClN2O2. The fourth-order valence-corrected chi connectivity index (χ4v) is 1.82. The summed E-state index contributed by atoms with van der Waals surface area (Å²) in [6.45, 7) is 2.26. The van der Waals surface area contributed by atoms with Crippen LogP contribution in [0, 0.1) is 6.92 Å². The van der Waals surface area contributed by atoms with Crippen molar-refractivity contribution >= 4 is 17.5 Å². The lowest BCUT2D eigenvalue weighted by Gasteiger charge is -2.10. The molecule has 0 fully saturated rings. The number of ether oxygens (including phenoxy) is 1. The van der Waals surface area contributed by atoms with E-state index in [-0.39, 0.29) is 0 Å². The van der Waals surface area contributed by atoms with Crippen molar-refractivity contribution in [1.82, 2.24) is 4.98 Å². The summed E-state index contributed by atoms with van der Waals surface area (Å²) >= 11 is 5.90. The number of primary amides is 1. The first-order valence-corrected chi connectivity index (χ1v) is 6.08. The lowest BCUT2D eigenvalue weighted by Crippen LogP contribution is -2.11. The van der Waals surface area contributed by atoms with E-state index in [9.17, 15) is 4.79 Å². The molecule has 5 heteroatoms. The molecular weight excluding hydrogens is 264 g/mol. The first-order valence-electron chi connectivity index (χ1n) is 5.70. The lowest BCUT2D eigenvalue weighted by molar-refractivity contribution is 0.1000. The van der Waals surface area contributed by atoms with E-state index in [1.54, 1.807) is 30.5 Å². The molecule has 0 bridgehead atoms. The standard InChI is InChI=1S/C14H13ClN2O2/c1-9-7-10(14(16)18)4-5-11(9)8-19-12-3-2-6-17-13(12)15/h2-7H,8H2,1H3,(H2,16,18). The number of aromatic nitrogens is 1. The summed E-state index contributed by atoms with van der Waals surface area (Å²) < 4.78 is 5.59. The minimum Gasteiger partial charge on any atom is -0.486 e. The van der Waals surface area contributed by atoms with Crippen LogP contribution >= 0.6 is 11.6 Å². The smallest absolute Gasteiger partial charge is 0.248 e. The number of pyridine rings is 1. The largest absolute Gasteiger partial charge is 0.486 e. The van der Waals surface area contributed by atoms with Gasteiger partial charge in [-0.2, -0.15) is 0 Å². The molecule has 4 nitrogen and oxygen atoms in total. The van der Waals surface area contributed by atoms with Gasteiger partial charge in [-0.25, -0.2) is 4.98 Å². The van der Waals surface area contributed by atoms with Crippen LogP contribution in [0.15, 0.2) is 36.5 Å². The molecule has 0 unspecified atom stereocenters. The molecule has 0 saturated carbocycles. The molecule has 0 atom stereocenters. The summed E-state index contributed by atoms with van der Waals surface area (Å²) in [6, 6.07) is 8.75. The van der Waals surface area contributed by atoms with E-state index in [1.807, 2.05) is 13.0 Å². The highest BCUT2D eigenvalue weighted by molar-refractivity contribution is 6.30. The molecule has 19 heavy (non-hydrogen) atoms. The van der Waals surface area contributed by atoms with E-state index in [1.165, 1.54) is 0 Å². The summed E-state index contributed by atoms with van der Waals surface area (Å²) in [5.74, 6) is 0.0911. The number of nitrogens with two attached hydrogens (primary N) is 1. The number of carbonyl (C=O) groups is 1. The summed E-state index contributed by atoms with van der Waals surface area (Å²) in [5, 5.41) is 0.328. The van der Waals surface area contributed by atoms with Crippen molar-refractivity contribution < 1.29 is 9.53 Å². The number of halogens is 1. The molecule has 1 aromatic heterocycles. The zero-order chi connectivity index (χ0) is 13.8. The zero-order valence-electron chi connectivity index (χ0n) is 10.4. The average Bonchev–Trinajstić information content (AvgIpc) is 2.39. The first kappa shape index (κ1) is 13.4. The lowest BCUT2D eigenvalue weighted by atomic mass is 10.1. The molecule has 2 aromatic rings. The Bertz CT molecular complexity index is 614. The van der Waals surface area contributed by atoms with Crippen molar-refractivity contribution in [3.8, 4) is 5.75 Å². The highest BCUT2D eigenvalue weighted by atomic mass is 35.5. The third kappa shape index (κ3) is 3.23. The Morgan fingerprint density at radius 1 is 1.42 bits per heavy atom. The van der Waals surface area contributed by atoms with Gasteiger partial charge in [0, 0.05) is 11.8 Å². The second kappa shape index (κ2) is 5.71. The molecule has 2 rings (SSSR count). The van der Waals surface area contributed by atoms with Crippen LogP contribution in [0.4, 0.5) is 0 Å². The van der Waals surface area contributed by atoms with Gasteiger partial charge in [0.05, 0.1) is 0 Å². The Hall–Kier alpha value is -2.07. The molecule has 0 saturated heterocycles. The van der Waals surface area contributed by atoms with Gasteiger partial charge in [0.25, 0.3) is 0 Å². The van der Waals surface area contributed by atoms with Gasteiger partial charge in [-0.05, 0) is 42.3 Å². The van der Waals surface area contributed by atoms with Gasteiger partial charge in [-0.1, -0.05) is 17.7 Å². The van der Waals surface area contributed by atoms with Crippen molar-refractivity contribution in [3.63, 3.8) is 0 Å². The summed E-state index contributed by atoms with van der Waals surface area (Å²) in [5.41, 5.74) is 7.61. The van der Waals surface area contributed by atoms with Gasteiger partial charge in [0.15, 0.2) is 10.9 Å².